The molecule has 0 fully saturated rings. The zero-order valence-electron chi connectivity index (χ0n) is 14.8. The number of imidazole rings is 1. The molecule has 0 spiro atoms. The van der Waals surface area contributed by atoms with E-state index in [9.17, 15) is 14.0 Å². The van der Waals surface area contributed by atoms with E-state index in [0.717, 1.165) is 5.56 Å². The molecule has 3 N–H and O–H groups in total. The minimum Gasteiger partial charge on any atom is -0.484 e. The lowest BCUT2D eigenvalue weighted by Gasteiger charge is -2.23. The molecular formula is C20H17FN4O3. The predicted molar refractivity (Wildman–Crippen MR) is 99.7 cm³/mol. The fourth-order valence-electron chi connectivity index (χ4n) is 3.29. The van der Waals surface area contributed by atoms with Crippen molar-refractivity contribution in [2.75, 3.05) is 11.9 Å². The van der Waals surface area contributed by atoms with E-state index in [0.29, 0.717) is 22.9 Å². The summed E-state index contributed by atoms with van der Waals surface area (Å²) < 4.78 is 21.1. The summed E-state index contributed by atoms with van der Waals surface area (Å²) in [5.74, 6) is -0.602. The van der Waals surface area contributed by atoms with Crippen LogP contribution >= 0.6 is 0 Å². The van der Waals surface area contributed by atoms with Gasteiger partial charge in [0.2, 0.25) is 5.91 Å². The van der Waals surface area contributed by atoms with Gasteiger partial charge in [0.05, 0.1) is 11.4 Å². The van der Waals surface area contributed by atoms with Crippen molar-refractivity contribution in [3.8, 4) is 11.4 Å². The summed E-state index contributed by atoms with van der Waals surface area (Å²) in [7, 11) is 0. The van der Waals surface area contributed by atoms with Crippen LogP contribution in [0.4, 0.5) is 10.2 Å². The molecule has 0 bridgehead atoms. The zero-order chi connectivity index (χ0) is 19.7. The van der Waals surface area contributed by atoms with Crippen LogP contribution in [-0.2, 0) is 9.59 Å². The van der Waals surface area contributed by atoms with Crippen LogP contribution in [0.5, 0.6) is 5.75 Å². The number of nitrogens with zero attached hydrogens (tertiary/aromatic N) is 2. The van der Waals surface area contributed by atoms with Crippen LogP contribution in [0.2, 0.25) is 0 Å². The van der Waals surface area contributed by atoms with Gasteiger partial charge in [-0.1, -0.05) is 24.3 Å². The molecule has 28 heavy (non-hydrogen) atoms. The standard InChI is InChI=1S/C20H17FN4O3/c21-15-6-1-2-7-16(15)25-11-23-19-14(9-18(27)24-20(19)25)12-4-3-5-13(8-12)28-10-17(22)26/h1-8,11,14H,9-10H2,(H2,22,26)(H,24,27)/t14-/m1/s1. The number of ether oxygens (including phenoxy) is 1. The van der Waals surface area contributed by atoms with Crippen molar-refractivity contribution in [2.45, 2.75) is 12.3 Å². The SMILES string of the molecule is NC(=O)COc1cccc([C@H]2CC(=O)Nc3c2ncn3-c2ccccc2F)c1. The van der Waals surface area contributed by atoms with Gasteiger partial charge in [0.15, 0.2) is 6.61 Å². The van der Waals surface area contributed by atoms with Crippen LogP contribution in [0.25, 0.3) is 5.69 Å². The third kappa shape index (κ3) is 3.32. The number of anilines is 1. The number of para-hydroxylation sites is 1. The molecule has 4 rings (SSSR count). The largest absolute Gasteiger partial charge is 0.484 e. The highest BCUT2D eigenvalue weighted by Crippen LogP contribution is 2.38. The summed E-state index contributed by atoms with van der Waals surface area (Å²) in [6.45, 7) is -0.234. The molecule has 0 radical (unpaired) electrons. The second-order valence-corrected chi connectivity index (χ2v) is 6.43. The molecule has 0 saturated carbocycles. The lowest BCUT2D eigenvalue weighted by molar-refractivity contribution is -0.120. The Balaban J connectivity index is 1.73. The van der Waals surface area contributed by atoms with Gasteiger partial charge in [0.25, 0.3) is 5.91 Å². The first kappa shape index (κ1) is 17.7. The highest BCUT2D eigenvalue weighted by molar-refractivity contribution is 5.94. The Kier molecular flexibility index (Phi) is 4.52. The molecule has 1 atom stereocenters. The molecule has 2 heterocycles. The molecule has 3 aromatic rings. The van der Waals surface area contributed by atoms with Crippen molar-refractivity contribution >= 4 is 17.6 Å². The Morgan fingerprint density at radius 1 is 1.29 bits per heavy atom. The van der Waals surface area contributed by atoms with E-state index in [2.05, 4.69) is 10.3 Å². The van der Waals surface area contributed by atoms with Gasteiger partial charge in [0, 0.05) is 12.3 Å². The highest BCUT2D eigenvalue weighted by Gasteiger charge is 2.31. The van der Waals surface area contributed by atoms with Crippen LogP contribution in [-0.4, -0.2) is 28.0 Å². The number of halogens is 1. The number of nitrogens with two attached hydrogens (primary N) is 1. The van der Waals surface area contributed by atoms with Gasteiger partial charge >= 0.3 is 0 Å². The van der Waals surface area contributed by atoms with Crippen molar-refractivity contribution in [3.05, 3.63) is 71.9 Å². The van der Waals surface area contributed by atoms with Crippen LogP contribution in [0.1, 0.15) is 23.6 Å². The molecule has 0 unspecified atom stereocenters. The maximum Gasteiger partial charge on any atom is 0.255 e. The van der Waals surface area contributed by atoms with Gasteiger partial charge in [0.1, 0.15) is 23.7 Å². The van der Waals surface area contributed by atoms with Crippen molar-refractivity contribution in [3.63, 3.8) is 0 Å². The lowest BCUT2D eigenvalue weighted by Crippen LogP contribution is -2.25. The van der Waals surface area contributed by atoms with Gasteiger partial charge in [-0.05, 0) is 29.8 Å². The number of carbonyl (C=O) groups excluding carboxylic acids is 2. The summed E-state index contributed by atoms with van der Waals surface area (Å²) in [4.78, 5) is 27.7. The summed E-state index contributed by atoms with van der Waals surface area (Å²) in [6.07, 6.45) is 1.69. The average Bonchev–Trinajstić information content (AvgIpc) is 3.10. The molecule has 0 aliphatic carbocycles. The summed E-state index contributed by atoms with van der Waals surface area (Å²) in [6, 6.07) is 13.4. The van der Waals surface area contributed by atoms with Crippen molar-refractivity contribution in [2.24, 2.45) is 5.73 Å². The average molecular weight is 380 g/mol. The molecule has 1 aliphatic heterocycles. The van der Waals surface area contributed by atoms with Crippen LogP contribution in [0.15, 0.2) is 54.9 Å². The number of fused-ring (bicyclic) bond motifs is 1. The van der Waals surface area contributed by atoms with Gasteiger partial charge < -0.3 is 15.8 Å². The van der Waals surface area contributed by atoms with E-state index in [1.807, 2.05) is 6.07 Å². The minimum absolute atomic E-state index is 0.195. The molecule has 1 aliphatic rings. The maximum absolute atomic E-state index is 14.2. The Labute approximate surface area is 159 Å². The highest BCUT2D eigenvalue weighted by atomic mass is 19.1. The molecule has 0 saturated heterocycles. The smallest absolute Gasteiger partial charge is 0.255 e. The third-order valence-electron chi connectivity index (χ3n) is 4.53. The van der Waals surface area contributed by atoms with Crippen LogP contribution in [0.3, 0.4) is 0 Å². The van der Waals surface area contributed by atoms with E-state index < -0.39 is 11.7 Å². The van der Waals surface area contributed by atoms with Crippen molar-refractivity contribution in [1.29, 1.82) is 0 Å². The number of benzene rings is 2. The number of carbonyl (C=O) groups is 2. The lowest BCUT2D eigenvalue weighted by atomic mass is 9.89. The van der Waals surface area contributed by atoms with E-state index in [1.54, 1.807) is 36.4 Å². The van der Waals surface area contributed by atoms with Crippen LogP contribution < -0.4 is 15.8 Å². The van der Waals surface area contributed by atoms with E-state index in [-0.39, 0.29) is 24.9 Å². The second kappa shape index (κ2) is 7.15. The Hall–Kier alpha value is -3.68. The monoisotopic (exact) mass is 380 g/mol. The van der Waals surface area contributed by atoms with Gasteiger partial charge in [-0.2, -0.15) is 0 Å². The van der Waals surface area contributed by atoms with Crippen molar-refractivity contribution < 1.29 is 18.7 Å². The molecule has 142 valence electrons. The number of primary amides is 1. The Morgan fingerprint density at radius 2 is 2.11 bits per heavy atom. The van der Waals surface area contributed by atoms with Crippen LogP contribution in [0, 0.1) is 5.82 Å². The molecule has 7 nitrogen and oxygen atoms in total. The number of aromatic nitrogens is 2. The van der Waals surface area contributed by atoms with E-state index in [1.165, 1.54) is 17.0 Å². The topological polar surface area (TPSA) is 99.2 Å². The molecular weight excluding hydrogens is 363 g/mol. The molecule has 1 aromatic heterocycles. The Bertz CT molecular complexity index is 1060. The normalized spacial score (nSPS) is 15.6. The summed E-state index contributed by atoms with van der Waals surface area (Å²) in [5.41, 5.74) is 6.85. The zero-order valence-corrected chi connectivity index (χ0v) is 14.8. The number of rotatable bonds is 5. The second-order valence-electron chi connectivity index (χ2n) is 6.43. The first-order valence-electron chi connectivity index (χ1n) is 8.66. The first-order valence-corrected chi connectivity index (χ1v) is 8.66. The summed E-state index contributed by atoms with van der Waals surface area (Å²) in [5, 5.41) is 2.79. The Morgan fingerprint density at radius 3 is 2.89 bits per heavy atom. The van der Waals surface area contributed by atoms with E-state index >= 15 is 0 Å². The fraction of sp³-hybridized carbons (Fsp3) is 0.150. The predicted octanol–water partition coefficient (Wildman–Crippen LogP) is 2.35. The van der Waals surface area contributed by atoms with Gasteiger partial charge in [-0.3, -0.25) is 14.2 Å². The molecule has 8 heteroatoms. The van der Waals surface area contributed by atoms with Crippen molar-refractivity contribution in [1.82, 2.24) is 9.55 Å². The molecule has 2 amide bonds. The third-order valence-corrected chi connectivity index (χ3v) is 4.53. The minimum atomic E-state index is -0.576. The number of amides is 2. The van der Waals surface area contributed by atoms with Gasteiger partial charge in [-0.15, -0.1) is 0 Å². The number of nitrogens with one attached hydrogen (secondary N) is 1. The fourth-order valence-corrected chi connectivity index (χ4v) is 3.29. The number of hydrogen-bond donors (Lipinski definition) is 2. The van der Waals surface area contributed by atoms with Gasteiger partial charge in [-0.25, -0.2) is 9.37 Å². The first-order chi connectivity index (χ1) is 13.5. The summed E-state index contributed by atoms with van der Waals surface area (Å²) >= 11 is 0. The molecule has 2 aromatic carbocycles. The van der Waals surface area contributed by atoms with E-state index in [4.69, 9.17) is 10.5 Å². The maximum atomic E-state index is 14.2. The number of hydrogen-bond acceptors (Lipinski definition) is 4. The quantitative estimate of drug-likeness (QED) is 0.710.